The van der Waals surface area contributed by atoms with E-state index in [2.05, 4.69) is 10.3 Å². The Bertz CT molecular complexity index is 261. The van der Waals surface area contributed by atoms with Crippen LogP contribution in [0, 0.1) is 0 Å². The Hall–Kier alpha value is -1.42. The predicted octanol–water partition coefficient (Wildman–Crippen LogP) is -0.301. The van der Waals surface area contributed by atoms with Crippen molar-refractivity contribution >= 4 is 5.91 Å². The van der Waals surface area contributed by atoms with E-state index in [1.54, 1.807) is 12.4 Å². The fraction of sp³-hybridized carbons (Fsp3) is 0.333. The number of nitrogens with two attached hydrogens (primary N) is 1. The van der Waals surface area contributed by atoms with Gasteiger partial charge < -0.3 is 11.1 Å². The maximum atomic E-state index is 11.2. The smallest absolute Gasteiger partial charge is 0.224 e. The van der Waals surface area contributed by atoms with Crippen LogP contribution in [-0.4, -0.2) is 24.0 Å². The van der Waals surface area contributed by atoms with Gasteiger partial charge in [0.05, 0.1) is 6.42 Å². The summed E-state index contributed by atoms with van der Waals surface area (Å²) < 4.78 is 0. The van der Waals surface area contributed by atoms with Crippen LogP contribution < -0.4 is 11.1 Å². The number of amides is 1. The van der Waals surface area contributed by atoms with Crippen LogP contribution in [0.3, 0.4) is 0 Å². The number of rotatable bonds is 4. The monoisotopic (exact) mass is 179 g/mol. The highest BCUT2D eigenvalue weighted by Gasteiger charge is 2.00. The number of hydrogen-bond acceptors (Lipinski definition) is 3. The molecule has 4 nitrogen and oxygen atoms in total. The van der Waals surface area contributed by atoms with E-state index in [4.69, 9.17) is 5.73 Å². The minimum atomic E-state index is -0.00310. The lowest BCUT2D eigenvalue weighted by Crippen LogP contribution is -2.30. The first-order valence-electron chi connectivity index (χ1n) is 4.18. The summed E-state index contributed by atoms with van der Waals surface area (Å²) in [5, 5.41) is 2.70. The molecule has 1 rings (SSSR count). The quantitative estimate of drug-likeness (QED) is 0.666. The van der Waals surface area contributed by atoms with E-state index in [1.165, 1.54) is 0 Å². The van der Waals surface area contributed by atoms with Gasteiger partial charge in [0.1, 0.15) is 0 Å². The molecule has 13 heavy (non-hydrogen) atoms. The first-order chi connectivity index (χ1) is 6.33. The van der Waals surface area contributed by atoms with E-state index in [1.807, 2.05) is 12.1 Å². The molecular formula is C9H13N3O. The van der Waals surface area contributed by atoms with E-state index < -0.39 is 0 Å². The zero-order valence-electron chi connectivity index (χ0n) is 7.36. The van der Waals surface area contributed by atoms with Crippen LogP contribution in [0.5, 0.6) is 0 Å². The highest BCUT2D eigenvalue weighted by atomic mass is 16.1. The van der Waals surface area contributed by atoms with Crippen LogP contribution in [0.4, 0.5) is 0 Å². The number of carbonyl (C=O) groups excluding carboxylic acids is 1. The standard InChI is InChI=1S/C9H13N3O/c10-3-6-12-9(13)7-8-1-4-11-5-2-8/h1-2,4-5H,3,6-7,10H2,(H,12,13). The van der Waals surface area contributed by atoms with Gasteiger partial charge in [0.15, 0.2) is 0 Å². The van der Waals surface area contributed by atoms with Crippen molar-refractivity contribution in [2.45, 2.75) is 6.42 Å². The second kappa shape index (κ2) is 5.27. The molecular weight excluding hydrogens is 166 g/mol. The molecule has 4 heteroatoms. The molecule has 0 bridgehead atoms. The Morgan fingerprint density at radius 2 is 2.15 bits per heavy atom. The lowest BCUT2D eigenvalue weighted by Gasteiger charge is -2.02. The minimum Gasteiger partial charge on any atom is -0.355 e. The van der Waals surface area contributed by atoms with Crippen LogP contribution in [0.2, 0.25) is 0 Å². The molecule has 3 N–H and O–H groups in total. The van der Waals surface area contributed by atoms with Gasteiger partial charge in [0, 0.05) is 25.5 Å². The molecule has 0 spiro atoms. The summed E-state index contributed by atoms with van der Waals surface area (Å²) in [4.78, 5) is 15.0. The topological polar surface area (TPSA) is 68.0 Å². The van der Waals surface area contributed by atoms with Crippen molar-refractivity contribution in [3.63, 3.8) is 0 Å². The number of carbonyl (C=O) groups is 1. The molecule has 1 aromatic rings. The van der Waals surface area contributed by atoms with E-state index in [9.17, 15) is 4.79 Å². The maximum Gasteiger partial charge on any atom is 0.224 e. The molecule has 0 aromatic carbocycles. The molecule has 0 radical (unpaired) electrons. The van der Waals surface area contributed by atoms with Gasteiger partial charge >= 0.3 is 0 Å². The normalized spacial score (nSPS) is 9.62. The zero-order valence-corrected chi connectivity index (χ0v) is 7.36. The van der Waals surface area contributed by atoms with Gasteiger partial charge in [-0.05, 0) is 17.7 Å². The van der Waals surface area contributed by atoms with Crippen LogP contribution >= 0.6 is 0 Å². The van der Waals surface area contributed by atoms with Crippen molar-refractivity contribution in [2.75, 3.05) is 13.1 Å². The highest BCUT2D eigenvalue weighted by molar-refractivity contribution is 5.78. The van der Waals surface area contributed by atoms with Crippen molar-refractivity contribution in [3.8, 4) is 0 Å². The molecule has 1 heterocycles. The van der Waals surface area contributed by atoms with Gasteiger partial charge in [-0.3, -0.25) is 9.78 Å². The van der Waals surface area contributed by atoms with Gasteiger partial charge in [0.25, 0.3) is 0 Å². The second-order valence-electron chi connectivity index (χ2n) is 2.67. The highest BCUT2D eigenvalue weighted by Crippen LogP contribution is 1.96. The number of nitrogens with one attached hydrogen (secondary N) is 1. The molecule has 0 aliphatic carbocycles. The van der Waals surface area contributed by atoms with E-state index in [-0.39, 0.29) is 5.91 Å². The Labute approximate surface area is 77.2 Å². The van der Waals surface area contributed by atoms with Crippen molar-refractivity contribution in [1.29, 1.82) is 0 Å². The third-order valence-electron chi connectivity index (χ3n) is 1.58. The number of aromatic nitrogens is 1. The fourth-order valence-electron chi connectivity index (χ4n) is 0.960. The third-order valence-corrected chi connectivity index (χ3v) is 1.58. The molecule has 70 valence electrons. The summed E-state index contributed by atoms with van der Waals surface area (Å²) in [6, 6.07) is 3.64. The summed E-state index contributed by atoms with van der Waals surface area (Å²) in [5.41, 5.74) is 6.21. The predicted molar refractivity (Wildman–Crippen MR) is 50.0 cm³/mol. The average Bonchev–Trinajstić information content (AvgIpc) is 2.16. The lowest BCUT2D eigenvalue weighted by atomic mass is 10.2. The first kappa shape index (κ1) is 9.67. The van der Waals surface area contributed by atoms with Crippen molar-refractivity contribution < 1.29 is 4.79 Å². The Balaban J connectivity index is 2.37. The third kappa shape index (κ3) is 3.66. The van der Waals surface area contributed by atoms with Crippen LogP contribution in [0.1, 0.15) is 5.56 Å². The fourth-order valence-corrected chi connectivity index (χ4v) is 0.960. The molecule has 0 aliphatic rings. The van der Waals surface area contributed by atoms with Gasteiger partial charge in [-0.15, -0.1) is 0 Å². The SMILES string of the molecule is NCCNC(=O)Cc1ccncc1. The summed E-state index contributed by atoms with van der Waals surface area (Å²) >= 11 is 0. The zero-order chi connectivity index (χ0) is 9.52. The van der Waals surface area contributed by atoms with Crippen molar-refractivity contribution in [1.82, 2.24) is 10.3 Å². The largest absolute Gasteiger partial charge is 0.355 e. The van der Waals surface area contributed by atoms with Gasteiger partial charge in [-0.2, -0.15) is 0 Å². The summed E-state index contributed by atoms with van der Waals surface area (Å²) in [6.07, 6.45) is 3.74. The Kier molecular flexibility index (Phi) is 3.92. The molecule has 0 fully saturated rings. The summed E-state index contributed by atoms with van der Waals surface area (Å²) in [6.45, 7) is 1.01. The minimum absolute atomic E-state index is 0.00310. The molecule has 0 saturated heterocycles. The molecule has 0 saturated carbocycles. The van der Waals surface area contributed by atoms with Gasteiger partial charge in [-0.1, -0.05) is 0 Å². The van der Waals surface area contributed by atoms with Crippen molar-refractivity contribution in [2.24, 2.45) is 5.73 Å². The molecule has 1 amide bonds. The lowest BCUT2D eigenvalue weighted by molar-refractivity contribution is -0.120. The van der Waals surface area contributed by atoms with Gasteiger partial charge in [-0.25, -0.2) is 0 Å². The van der Waals surface area contributed by atoms with Crippen molar-refractivity contribution in [3.05, 3.63) is 30.1 Å². The maximum absolute atomic E-state index is 11.2. The molecule has 0 aliphatic heterocycles. The average molecular weight is 179 g/mol. The van der Waals surface area contributed by atoms with E-state index in [0.717, 1.165) is 5.56 Å². The van der Waals surface area contributed by atoms with E-state index >= 15 is 0 Å². The van der Waals surface area contributed by atoms with Gasteiger partial charge in [0.2, 0.25) is 5.91 Å². The Morgan fingerprint density at radius 3 is 2.77 bits per heavy atom. The molecule has 1 aromatic heterocycles. The second-order valence-corrected chi connectivity index (χ2v) is 2.67. The molecule has 0 atom stereocenters. The summed E-state index contributed by atoms with van der Waals surface area (Å²) in [7, 11) is 0. The van der Waals surface area contributed by atoms with Crippen LogP contribution in [-0.2, 0) is 11.2 Å². The number of pyridine rings is 1. The summed E-state index contributed by atoms with van der Waals surface area (Å²) in [5.74, 6) is -0.00310. The molecule has 0 unspecified atom stereocenters. The van der Waals surface area contributed by atoms with Crippen LogP contribution in [0.15, 0.2) is 24.5 Å². The Morgan fingerprint density at radius 1 is 1.46 bits per heavy atom. The number of nitrogens with zero attached hydrogens (tertiary/aromatic N) is 1. The van der Waals surface area contributed by atoms with Crippen LogP contribution in [0.25, 0.3) is 0 Å². The number of hydrogen-bond donors (Lipinski definition) is 2. The van der Waals surface area contributed by atoms with E-state index in [0.29, 0.717) is 19.5 Å². The first-order valence-corrected chi connectivity index (χ1v) is 4.18.